The monoisotopic (exact) mass is 402 g/mol. The van der Waals surface area contributed by atoms with Gasteiger partial charge in [0.25, 0.3) is 0 Å². The normalized spacial score (nSPS) is 18.7. The van der Waals surface area contributed by atoms with Crippen molar-refractivity contribution in [1.82, 2.24) is 0 Å². The Balaban J connectivity index is 1.92. The standard InChI is InChI=1S/C24H22N2O4/c1-29-21-12-5-8-16(24(21)30-2)17-13-22(28)26(18-9-4-3-7-15(18)14-25)19-10-6-11-20(27)23(17)19/h3-5,7-9,12,17H,6,10-11,13H2,1-2H3. The van der Waals surface area contributed by atoms with E-state index in [-0.39, 0.29) is 18.1 Å². The molecule has 0 aromatic heterocycles. The fraction of sp³-hybridized carbons (Fsp3) is 0.292. The van der Waals surface area contributed by atoms with E-state index in [0.717, 1.165) is 5.56 Å². The van der Waals surface area contributed by atoms with Crippen molar-refractivity contribution < 1.29 is 19.1 Å². The summed E-state index contributed by atoms with van der Waals surface area (Å²) in [6.45, 7) is 0. The lowest BCUT2D eigenvalue weighted by atomic mass is 9.76. The highest BCUT2D eigenvalue weighted by Crippen LogP contribution is 2.47. The van der Waals surface area contributed by atoms with Crippen LogP contribution >= 0.6 is 0 Å². The van der Waals surface area contributed by atoms with Crippen molar-refractivity contribution in [2.24, 2.45) is 0 Å². The second kappa shape index (κ2) is 8.03. The lowest BCUT2D eigenvalue weighted by molar-refractivity contribution is -0.119. The minimum absolute atomic E-state index is 0.0399. The second-order valence-electron chi connectivity index (χ2n) is 7.33. The van der Waals surface area contributed by atoms with Crippen LogP contribution in [0, 0.1) is 11.3 Å². The molecule has 0 saturated heterocycles. The van der Waals surface area contributed by atoms with Gasteiger partial charge in [-0.05, 0) is 31.0 Å². The predicted octanol–water partition coefficient (Wildman–Crippen LogP) is 4.10. The van der Waals surface area contributed by atoms with Crippen LogP contribution in [0.3, 0.4) is 0 Å². The minimum Gasteiger partial charge on any atom is -0.493 e. The van der Waals surface area contributed by atoms with Crippen molar-refractivity contribution >= 4 is 17.4 Å². The van der Waals surface area contributed by atoms with Crippen LogP contribution in [-0.4, -0.2) is 25.9 Å². The number of carbonyl (C=O) groups excluding carboxylic acids is 2. The summed E-state index contributed by atoms with van der Waals surface area (Å²) in [5, 5.41) is 9.54. The zero-order valence-electron chi connectivity index (χ0n) is 17.0. The first kappa shape index (κ1) is 19.7. The number of ketones is 1. The van der Waals surface area contributed by atoms with Crippen LogP contribution in [0.15, 0.2) is 53.7 Å². The van der Waals surface area contributed by atoms with Crippen molar-refractivity contribution in [2.75, 3.05) is 19.1 Å². The Morgan fingerprint density at radius 3 is 2.57 bits per heavy atom. The number of nitriles is 1. The summed E-state index contributed by atoms with van der Waals surface area (Å²) >= 11 is 0. The van der Waals surface area contributed by atoms with Gasteiger partial charge in [-0.3, -0.25) is 14.5 Å². The summed E-state index contributed by atoms with van der Waals surface area (Å²) in [5.41, 5.74) is 3.04. The van der Waals surface area contributed by atoms with E-state index in [4.69, 9.17) is 9.47 Å². The Morgan fingerprint density at radius 1 is 1.03 bits per heavy atom. The van der Waals surface area contributed by atoms with Crippen LogP contribution < -0.4 is 14.4 Å². The Hall–Kier alpha value is -3.59. The number of Topliss-reactive ketones (excluding diaryl/α,β-unsaturated/α-hetero) is 1. The first-order valence-corrected chi connectivity index (χ1v) is 9.90. The number of anilines is 1. The van der Waals surface area contributed by atoms with Crippen LogP contribution in [0.5, 0.6) is 11.5 Å². The molecule has 0 saturated carbocycles. The quantitative estimate of drug-likeness (QED) is 0.769. The van der Waals surface area contributed by atoms with E-state index in [1.807, 2.05) is 12.1 Å². The summed E-state index contributed by atoms with van der Waals surface area (Å²) in [7, 11) is 3.12. The smallest absolute Gasteiger partial charge is 0.232 e. The molecule has 2 aromatic rings. The molecule has 6 heteroatoms. The number of ether oxygens (including phenoxy) is 2. The second-order valence-corrected chi connectivity index (χ2v) is 7.33. The zero-order chi connectivity index (χ0) is 21.3. The molecule has 6 nitrogen and oxygen atoms in total. The van der Waals surface area contributed by atoms with Gasteiger partial charge in [0.15, 0.2) is 17.3 Å². The fourth-order valence-electron chi connectivity index (χ4n) is 4.49. The summed E-state index contributed by atoms with van der Waals surface area (Å²) in [4.78, 5) is 28.0. The van der Waals surface area contributed by atoms with E-state index in [9.17, 15) is 14.9 Å². The van der Waals surface area contributed by atoms with Gasteiger partial charge in [-0.15, -0.1) is 0 Å². The van der Waals surface area contributed by atoms with Crippen molar-refractivity contribution in [3.05, 3.63) is 64.9 Å². The molecule has 0 N–H and O–H groups in total. The van der Waals surface area contributed by atoms with Crippen LogP contribution in [0.4, 0.5) is 5.69 Å². The number of nitrogens with zero attached hydrogens (tertiary/aromatic N) is 2. The van der Waals surface area contributed by atoms with Gasteiger partial charge in [0.2, 0.25) is 5.91 Å². The van der Waals surface area contributed by atoms with Crippen LogP contribution in [0.25, 0.3) is 0 Å². The third kappa shape index (κ3) is 3.13. The van der Waals surface area contributed by atoms with E-state index in [2.05, 4.69) is 6.07 Å². The molecule has 1 unspecified atom stereocenters. The average molecular weight is 402 g/mol. The van der Waals surface area contributed by atoms with E-state index in [1.54, 1.807) is 49.5 Å². The highest BCUT2D eigenvalue weighted by molar-refractivity contribution is 6.08. The van der Waals surface area contributed by atoms with E-state index < -0.39 is 5.92 Å². The van der Waals surface area contributed by atoms with Gasteiger partial charge in [0.1, 0.15) is 6.07 Å². The highest BCUT2D eigenvalue weighted by atomic mass is 16.5. The molecule has 152 valence electrons. The van der Waals surface area contributed by atoms with E-state index in [0.29, 0.717) is 53.3 Å². The topological polar surface area (TPSA) is 79.6 Å². The first-order chi connectivity index (χ1) is 14.6. The molecule has 1 amide bonds. The molecule has 0 bridgehead atoms. The first-order valence-electron chi connectivity index (χ1n) is 9.90. The molecule has 1 aliphatic heterocycles. The number of hydrogen-bond donors (Lipinski definition) is 0. The zero-order valence-corrected chi connectivity index (χ0v) is 17.0. The van der Waals surface area contributed by atoms with E-state index >= 15 is 0 Å². The Morgan fingerprint density at radius 2 is 1.83 bits per heavy atom. The van der Waals surface area contributed by atoms with Gasteiger partial charge < -0.3 is 9.47 Å². The van der Waals surface area contributed by atoms with Crippen molar-refractivity contribution in [1.29, 1.82) is 5.26 Å². The highest BCUT2D eigenvalue weighted by Gasteiger charge is 2.41. The molecule has 2 aromatic carbocycles. The summed E-state index contributed by atoms with van der Waals surface area (Å²) in [5.74, 6) is 0.592. The molecular weight excluding hydrogens is 380 g/mol. The molecule has 2 aliphatic rings. The van der Waals surface area contributed by atoms with Crippen molar-refractivity contribution in [3.63, 3.8) is 0 Å². The number of carbonyl (C=O) groups is 2. The molecule has 30 heavy (non-hydrogen) atoms. The Kier molecular flexibility index (Phi) is 5.28. The molecule has 4 rings (SSSR count). The number of para-hydroxylation sites is 2. The average Bonchev–Trinajstić information content (AvgIpc) is 2.78. The number of amides is 1. The lowest BCUT2D eigenvalue weighted by Gasteiger charge is -2.39. The van der Waals surface area contributed by atoms with Gasteiger partial charge in [-0.1, -0.05) is 24.3 Å². The maximum absolute atomic E-state index is 13.4. The van der Waals surface area contributed by atoms with E-state index in [1.165, 1.54) is 0 Å². The third-order valence-electron chi connectivity index (χ3n) is 5.75. The largest absolute Gasteiger partial charge is 0.493 e. The van der Waals surface area contributed by atoms with Gasteiger partial charge >= 0.3 is 0 Å². The van der Waals surface area contributed by atoms with Crippen molar-refractivity contribution in [2.45, 2.75) is 31.6 Å². The maximum Gasteiger partial charge on any atom is 0.232 e. The van der Waals surface area contributed by atoms with Crippen molar-refractivity contribution in [3.8, 4) is 17.6 Å². The molecule has 1 aliphatic carbocycles. The molecule has 0 radical (unpaired) electrons. The number of hydrogen-bond acceptors (Lipinski definition) is 5. The Labute approximate surface area is 175 Å². The molecule has 0 spiro atoms. The van der Waals surface area contributed by atoms with Gasteiger partial charge in [0, 0.05) is 35.6 Å². The van der Waals surface area contributed by atoms with Crippen LogP contribution in [0.1, 0.15) is 42.7 Å². The number of methoxy groups -OCH3 is 2. The lowest BCUT2D eigenvalue weighted by Crippen LogP contribution is -2.41. The number of rotatable bonds is 4. The third-order valence-corrected chi connectivity index (χ3v) is 5.75. The Bertz CT molecular complexity index is 1100. The summed E-state index contributed by atoms with van der Waals surface area (Å²) < 4.78 is 11.0. The molecular formula is C24H22N2O4. The van der Waals surface area contributed by atoms with Crippen LogP contribution in [0.2, 0.25) is 0 Å². The summed E-state index contributed by atoms with van der Waals surface area (Å²) in [6.07, 6.45) is 1.85. The SMILES string of the molecule is COc1cccc(C2CC(=O)N(c3ccccc3C#N)C3=C2C(=O)CCC3)c1OC. The molecule has 1 atom stereocenters. The van der Waals surface area contributed by atoms with Gasteiger partial charge in [0.05, 0.1) is 25.5 Å². The number of allylic oxidation sites excluding steroid dienone is 2. The fourth-order valence-corrected chi connectivity index (χ4v) is 4.49. The maximum atomic E-state index is 13.4. The number of benzene rings is 2. The molecule has 1 heterocycles. The van der Waals surface area contributed by atoms with Gasteiger partial charge in [-0.25, -0.2) is 0 Å². The minimum atomic E-state index is -0.407. The van der Waals surface area contributed by atoms with Gasteiger partial charge in [-0.2, -0.15) is 5.26 Å². The summed E-state index contributed by atoms with van der Waals surface area (Å²) in [6, 6.07) is 14.7. The predicted molar refractivity (Wildman–Crippen MR) is 111 cm³/mol. The molecule has 0 fully saturated rings. The van der Waals surface area contributed by atoms with Crippen LogP contribution in [-0.2, 0) is 9.59 Å².